The maximum Gasteiger partial charge on any atom is 0.514 e. The Bertz CT molecular complexity index is 930. The van der Waals surface area contributed by atoms with Crippen LogP contribution in [0.2, 0.25) is 0 Å². The fraction of sp³-hybridized carbons (Fsp3) is 0.636. The molecule has 4 bridgehead atoms. The van der Waals surface area contributed by atoms with Gasteiger partial charge in [0, 0.05) is 18.1 Å². The summed E-state index contributed by atoms with van der Waals surface area (Å²) >= 11 is 0. The van der Waals surface area contributed by atoms with Gasteiger partial charge < -0.3 is 14.6 Å². The van der Waals surface area contributed by atoms with Crippen molar-refractivity contribution < 1.29 is 29.1 Å². The Kier molecular flexibility index (Phi) is 4.31. The maximum atomic E-state index is 12.7. The number of carboxylic acid groups (broad SMARTS) is 1. The molecular weight excluding hydrogens is 390 g/mol. The highest BCUT2D eigenvalue weighted by atomic mass is 16.7. The third kappa shape index (κ3) is 2.72. The molecule has 5 rings (SSSR count). The first-order valence-electron chi connectivity index (χ1n) is 10.8. The molecule has 8 nitrogen and oxygen atoms in total. The van der Waals surface area contributed by atoms with Gasteiger partial charge in [-0.2, -0.15) is 0 Å². The third-order valence-corrected chi connectivity index (χ3v) is 8.38. The van der Waals surface area contributed by atoms with Crippen molar-refractivity contribution in [3.8, 4) is 5.75 Å². The molecule has 0 aliphatic heterocycles. The zero-order chi connectivity index (χ0) is 21.2. The number of carboxylic acids is 1. The molecule has 7 unspecified atom stereocenters. The average Bonchev–Trinajstić information content (AvgIpc) is 3.46. The van der Waals surface area contributed by atoms with E-state index < -0.39 is 34.1 Å². The highest BCUT2D eigenvalue weighted by Crippen LogP contribution is 2.70. The molecule has 4 aliphatic rings. The average molecular weight is 415 g/mol. The summed E-state index contributed by atoms with van der Waals surface area (Å²) < 4.78 is 11.1. The van der Waals surface area contributed by atoms with Crippen molar-refractivity contribution in [3.05, 3.63) is 33.9 Å². The number of nitro benzene ring substituents is 1. The molecule has 0 radical (unpaired) electrons. The topological polar surface area (TPSA) is 116 Å². The van der Waals surface area contributed by atoms with E-state index in [2.05, 4.69) is 0 Å². The molecule has 8 heteroatoms. The van der Waals surface area contributed by atoms with E-state index in [0.717, 1.165) is 48.8 Å². The standard InChI is InChI=1S/C22H25NO7/c1-2-22(10-14-8-15(22)19-12-4-3-11(7-12)18(14)19)30-21(26)29-17-9-13(20(24)25)5-6-16(17)23(27)28/h5-6,9,11-12,14-15,18-19H,2-4,7-8,10H2,1H3,(H,24,25). The summed E-state index contributed by atoms with van der Waals surface area (Å²) in [6, 6.07) is 3.13. The molecule has 4 aliphatic carbocycles. The molecule has 7 atom stereocenters. The normalized spacial score (nSPS) is 37.8. The Labute approximate surface area is 173 Å². The van der Waals surface area contributed by atoms with Crippen molar-refractivity contribution in [2.75, 3.05) is 0 Å². The van der Waals surface area contributed by atoms with Gasteiger partial charge in [-0.25, -0.2) is 9.59 Å². The molecule has 0 aromatic heterocycles. The number of aromatic carboxylic acids is 1. The Hall–Kier alpha value is -2.64. The minimum Gasteiger partial charge on any atom is -0.478 e. The van der Waals surface area contributed by atoms with Crippen LogP contribution < -0.4 is 4.74 Å². The zero-order valence-electron chi connectivity index (χ0n) is 16.8. The van der Waals surface area contributed by atoms with Crippen LogP contribution in [0.15, 0.2) is 18.2 Å². The first-order chi connectivity index (χ1) is 14.3. The van der Waals surface area contributed by atoms with Crippen LogP contribution in [-0.2, 0) is 4.74 Å². The zero-order valence-corrected chi connectivity index (χ0v) is 16.8. The minimum atomic E-state index is -1.26. The van der Waals surface area contributed by atoms with E-state index in [1.54, 1.807) is 0 Å². The van der Waals surface area contributed by atoms with Crippen LogP contribution in [0, 0.1) is 45.6 Å². The number of hydrogen-bond donors (Lipinski definition) is 1. The lowest BCUT2D eigenvalue weighted by atomic mass is 9.65. The van der Waals surface area contributed by atoms with Crippen LogP contribution in [0.5, 0.6) is 5.75 Å². The van der Waals surface area contributed by atoms with Crippen molar-refractivity contribution in [1.29, 1.82) is 0 Å². The van der Waals surface area contributed by atoms with E-state index in [1.165, 1.54) is 19.3 Å². The number of hydrogen-bond acceptors (Lipinski definition) is 6. The van der Waals surface area contributed by atoms with Gasteiger partial charge >= 0.3 is 17.8 Å². The second kappa shape index (κ2) is 6.68. The van der Waals surface area contributed by atoms with Crippen LogP contribution >= 0.6 is 0 Å². The molecule has 0 heterocycles. The molecule has 0 spiro atoms. The lowest BCUT2D eigenvalue weighted by molar-refractivity contribution is -0.385. The number of carbonyl (C=O) groups is 2. The van der Waals surface area contributed by atoms with Gasteiger partial charge in [-0.15, -0.1) is 0 Å². The smallest absolute Gasteiger partial charge is 0.478 e. The predicted octanol–water partition coefficient (Wildman–Crippen LogP) is 4.66. The molecule has 1 aromatic rings. The molecule has 4 fully saturated rings. The lowest BCUT2D eigenvalue weighted by Gasteiger charge is -2.45. The van der Waals surface area contributed by atoms with E-state index in [-0.39, 0.29) is 5.56 Å². The maximum absolute atomic E-state index is 12.7. The molecule has 1 aromatic carbocycles. The van der Waals surface area contributed by atoms with Crippen LogP contribution in [0.3, 0.4) is 0 Å². The number of carbonyl (C=O) groups excluding carboxylic acids is 1. The molecule has 30 heavy (non-hydrogen) atoms. The monoisotopic (exact) mass is 415 g/mol. The largest absolute Gasteiger partial charge is 0.514 e. The van der Waals surface area contributed by atoms with E-state index in [4.69, 9.17) is 14.6 Å². The Morgan fingerprint density at radius 3 is 2.60 bits per heavy atom. The Morgan fingerprint density at radius 1 is 1.20 bits per heavy atom. The van der Waals surface area contributed by atoms with E-state index in [0.29, 0.717) is 24.2 Å². The fourth-order valence-corrected chi connectivity index (χ4v) is 7.45. The summed E-state index contributed by atoms with van der Waals surface area (Å²) in [7, 11) is 0. The predicted molar refractivity (Wildman–Crippen MR) is 104 cm³/mol. The second-order valence-electron chi connectivity index (χ2n) is 9.41. The summed E-state index contributed by atoms with van der Waals surface area (Å²) in [5.41, 5.74) is -1.26. The SMILES string of the molecule is CCC1(OC(=O)Oc2cc(C(=O)O)ccc2[N+](=O)[O-])CC2CC1C1C3CCC(C3)C21. The van der Waals surface area contributed by atoms with Gasteiger partial charge in [0.05, 0.1) is 10.5 Å². The lowest BCUT2D eigenvalue weighted by Crippen LogP contribution is -2.47. The number of nitrogens with zero attached hydrogens (tertiary/aromatic N) is 1. The summed E-state index contributed by atoms with van der Waals surface area (Å²) in [4.78, 5) is 34.5. The van der Waals surface area contributed by atoms with Crippen LogP contribution in [0.25, 0.3) is 0 Å². The van der Waals surface area contributed by atoms with Gasteiger partial charge in [0.1, 0.15) is 5.60 Å². The van der Waals surface area contributed by atoms with Gasteiger partial charge in [0.15, 0.2) is 0 Å². The quantitative estimate of drug-likeness (QED) is 0.244. The van der Waals surface area contributed by atoms with Gasteiger partial charge in [-0.1, -0.05) is 6.92 Å². The molecule has 0 saturated heterocycles. The summed E-state index contributed by atoms with van der Waals surface area (Å²) in [6.45, 7) is 2.02. The summed E-state index contributed by atoms with van der Waals surface area (Å²) in [6.07, 6.45) is 5.51. The molecule has 0 amide bonds. The van der Waals surface area contributed by atoms with E-state index >= 15 is 0 Å². The van der Waals surface area contributed by atoms with Crippen LogP contribution in [-0.4, -0.2) is 27.8 Å². The number of benzene rings is 1. The summed E-state index contributed by atoms with van der Waals surface area (Å²) in [5.74, 6) is 2.17. The number of rotatable bonds is 5. The van der Waals surface area contributed by atoms with Crippen molar-refractivity contribution in [1.82, 2.24) is 0 Å². The molecule has 1 N–H and O–H groups in total. The number of nitro groups is 1. The fourth-order valence-electron chi connectivity index (χ4n) is 7.45. The highest BCUT2D eigenvalue weighted by Gasteiger charge is 2.67. The first-order valence-corrected chi connectivity index (χ1v) is 10.8. The van der Waals surface area contributed by atoms with Crippen LogP contribution in [0.1, 0.15) is 55.8 Å². The Balaban J connectivity index is 1.36. The van der Waals surface area contributed by atoms with Gasteiger partial charge in [0.25, 0.3) is 0 Å². The summed E-state index contributed by atoms with van der Waals surface area (Å²) in [5, 5.41) is 20.4. The number of fused-ring (bicyclic) bond motifs is 9. The van der Waals surface area contributed by atoms with E-state index in [1.807, 2.05) is 6.92 Å². The third-order valence-electron chi connectivity index (χ3n) is 8.38. The molecular formula is C22H25NO7. The van der Waals surface area contributed by atoms with Gasteiger partial charge in [-0.3, -0.25) is 10.1 Å². The van der Waals surface area contributed by atoms with Gasteiger partial charge in [0.2, 0.25) is 5.75 Å². The number of ether oxygens (including phenoxy) is 2. The van der Waals surface area contributed by atoms with Crippen LogP contribution in [0.4, 0.5) is 10.5 Å². The van der Waals surface area contributed by atoms with Crippen molar-refractivity contribution in [2.24, 2.45) is 35.5 Å². The second-order valence-corrected chi connectivity index (χ2v) is 9.41. The minimum absolute atomic E-state index is 0.196. The molecule has 4 saturated carbocycles. The van der Waals surface area contributed by atoms with Gasteiger partial charge in [-0.05, 0) is 74.2 Å². The Morgan fingerprint density at radius 2 is 1.93 bits per heavy atom. The van der Waals surface area contributed by atoms with Crippen molar-refractivity contribution >= 4 is 17.8 Å². The molecule has 160 valence electrons. The first kappa shape index (κ1) is 19.3. The highest BCUT2D eigenvalue weighted by molar-refractivity contribution is 5.89. The van der Waals surface area contributed by atoms with E-state index in [9.17, 15) is 19.7 Å². The van der Waals surface area contributed by atoms with Crippen molar-refractivity contribution in [3.63, 3.8) is 0 Å². The van der Waals surface area contributed by atoms with Crippen molar-refractivity contribution in [2.45, 2.75) is 51.0 Å².